The smallest absolute Gasteiger partial charge is 0.317 e. The lowest BCUT2D eigenvalue weighted by Gasteiger charge is -2.31. The Balaban J connectivity index is 2.07. The predicted molar refractivity (Wildman–Crippen MR) is 96.0 cm³/mol. The summed E-state index contributed by atoms with van der Waals surface area (Å²) in [4.78, 5) is 28.3. The van der Waals surface area contributed by atoms with E-state index in [1.54, 1.807) is 0 Å². The van der Waals surface area contributed by atoms with Crippen LogP contribution in [0.15, 0.2) is 0 Å². The zero-order valence-corrected chi connectivity index (χ0v) is 16.3. The van der Waals surface area contributed by atoms with Gasteiger partial charge in [0, 0.05) is 44.1 Å². The lowest BCUT2D eigenvalue weighted by molar-refractivity contribution is -0.126. The fourth-order valence-electron chi connectivity index (χ4n) is 3.59. The van der Waals surface area contributed by atoms with Crippen LogP contribution in [0, 0.1) is 11.8 Å². The zero-order valence-electron chi connectivity index (χ0n) is 15.5. The Labute approximate surface area is 150 Å². The summed E-state index contributed by atoms with van der Waals surface area (Å²) in [6.45, 7) is 5.47. The van der Waals surface area contributed by atoms with Crippen LogP contribution in [0.1, 0.15) is 20.3 Å². The van der Waals surface area contributed by atoms with E-state index in [1.165, 1.54) is 4.90 Å². The van der Waals surface area contributed by atoms with Crippen LogP contribution in [0.3, 0.4) is 0 Å². The van der Waals surface area contributed by atoms with E-state index in [0.29, 0.717) is 19.5 Å². The van der Waals surface area contributed by atoms with Crippen molar-refractivity contribution in [2.45, 2.75) is 31.6 Å². The Morgan fingerprint density at radius 1 is 1.24 bits per heavy atom. The van der Waals surface area contributed by atoms with Crippen molar-refractivity contribution in [2.24, 2.45) is 11.8 Å². The van der Waals surface area contributed by atoms with Crippen LogP contribution in [0.5, 0.6) is 0 Å². The lowest BCUT2D eigenvalue weighted by Crippen LogP contribution is -2.47. The largest absolute Gasteiger partial charge is 0.355 e. The summed E-state index contributed by atoms with van der Waals surface area (Å²) in [6.07, 6.45) is 0.330. The van der Waals surface area contributed by atoms with Crippen molar-refractivity contribution in [1.29, 1.82) is 0 Å². The molecule has 25 heavy (non-hydrogen) atoms. The number of likely N-dealkylation sites (tertiary alicyclic amines) is 1. The van der Waals surface area contributed by atoms with E-state index < -0.39 is 15.1 Å². The van der Waals surface area contributed by atoms with Crippen molar-refractivity contribution in [1.82, 2.24) is 20.4 Å². The van der Waals surface area contributed by atoms with E-state index in [1.807, 2.05) is 32.8 Å². The van der Waals surface area contributed by atoms with Crippen LogP contribution in [-0.4, -0.2) is 87.5 Å². The minimum absolute atomic E-state index is 0.0135. The molecule has 0 aromatic heterocycles. The molecule has 2 saturated heterocycles. The van der Waals surface area contributed by atoms with Gasteiger partial charge in [0.2, 0.25) is 5.91 Å². The van der Waals surface area contributed by atoms with E-state index in [4.69, 9.17) is 0 Å². The van der Waals surface area contributed by atoms with Crippen LogP contribution in [0.2, 0.25) is 0 Å². The number of nitrogens with one attached hydrogen (secondary N) is 2. The van der Waals surface area contributed by atoms with Crippen molar-refractivity contribution in [2.75, 3.05) is 46.0 Å². The number of carbonyl (C=O) groups excluding carboxylic acids is 2. The van der Waals surface area contributed by atoms with E-state index in [9.17, 15) is 18.0 Å². The Morgan fingerprint density at radius 2 is 1.92 bits per heavy atom. The van der Waals surface area contributed by atoms with Gasteiger partial charge in [-0.15, -0.1) is 0 Å². The second-order valence-corrected chi connectivity index (χ2v) is 9.91. The van der Waals surface area contributed by atoms with Crippen LogP contribution in [-0.2, 0) is 14.6 Å². The molecule has 0 aromatic carbocycles. The van der Waals surface area contributed by atoms with Gasteiger partial charge < -0.3 is 20.4 Å². The maximum absolute atomic E-state index is 12.5. The van der Waals surface area contributed by atoms with E-state index in [-0.39, 0.29) is 42.1 Å². The molecule has 2 N–H and O–H groups in total. The standard InChI is InChI=1S/C16H30N4O4S/c1-11(2)18-16(22)20-9-13-12(15(21)17-6-7-19(3)4)5-8-25(23,24)14(13)10-20/h11-14H,5-10H2,1-4H3,(H,17,21)(H,18,22)/t12-,13+,14+/m1/s1. The first kappa shape index (κ1) is 20.0. The Morgan fingerprint density at radius 3 is 2.52 bits per heavy atom. The van der Waals surface area contributed by atoms with E-state index in [0.717, 1.165) is 6.54 Å². The molecule has 0 bridgehead atoms. The number of urea groups is 1. The van der Waals surface area contributed by atoms with Gasteiger partial charge in [-0.25, -0.2) is 13.2 Å². The third-order valence-electron chi connectivity index (χ3n) is 4.89. The summed E-state index contributed by atoms with van der Waals surface area (Å²) < 4.78 is 24.9. The Bertz CT molecular complexity index is 605. The molecule has 3 amide bonds. The van der Waals surface area contributed by atoms with Gasteiger partial charge in [0.1, 0.15) is 0 Å². The van der Waals surface area contributed by atoms with E-state index >= 15 is 0 Å². The predicted octanol–water partition coefficient (Wildman–Crippen LogP) is -0.483. The first-order valence-electron chi connectivity index (χ1n) is 8.81. The van der Waals surface area contributed by atoms with Crippen LogP contribution in [0.25, 0.3) is 0 Å². The normalized spacial score (nSPS) is 28.1. The van der Waals surface area contributed by atoms with Gasteiger partial charge in [-0.05, 0) is 34.4 Å². The number of nitrogens with zero attached hydrogens (tertiary/aromatic N) is 2. The first-order chi connectivity index (χ1) is 11.6. The SMILES string of the molecule is CC(C)NC(=O)N1C[C@H]2[C@H](C(=O)NCCN(C)C)CCS(=O)(=O)[C@H]2C1. The number of amides is 3. The minimum atomic E-state index is -3.27. The van der Waals surface area contributed by atoms with E-state index in [2.05, 4.69) is 10.6 Å². The van der Waals surface area contributed by atoms with Crippen molar-refractivity contribution in [3.8, 4) is 0 Å². The Kier molecular flexibility index (Phi) is 6.31. The average Bonchev–Trinajstić information content (AvgIpc) is 2.92. The molecule has 9 heteroatoms. The highest BCUT2D eigenvalue weighted by atomic mass is 32.2. The molecule has 0 spiro atoms. The molecule has 0 aromatic rings. The molecular formula is C16H30N4O4S. The molecule has 2 aliphatic rings. The van der Waals surface area contributed by atoms with Crippen molar-refractivity contribution < 1.29 is 18.0 Å². The van der Waals surface area contributed by atoms with Crippen LogP contribution < -0.4 is 10.6 Å². The zero-order chi connectivity index (χ0) is 18.8. The number of sulfone groups is 1. The van der Waals surface area contributed by atoms with Gasteiger partial charge in [0.25, 0.3) is 0 Å². The van der Waals surface area contributed by atoms with Gasteiger partial charge in [0.15, 0.2) is 9.84 Å². The molecule has 0 saturated carbocycles. The van der Waals surface area contributed by atoms with Crippen LogP contribution >= 0.6 is 0 Å². The molecule has 0 unspecified atom stereocenters. The maximum atomic E-state index is 12.5. The molecule has 8 nitrogen and oxygen atoms in total. The fraction of sp³-hybridized carbons (Fsp3) is 0.875. The van der Waals surface area contributed by atoms with Crippen LogP contribution in [0.4, 0.5) is 4.79 Å². The molecule has 2 fully saturated rings. The number of hydrogen-bond donors (Lipinski definition) is 2. The quantitative estimate of drug-likeness (QED) is 0.677. The summed E-state index contributed by atoms with van der Waals surface area (Å²) >= 11 is 0. The average molecular weight is 375 g/mol. The second kappa shape index (κ2) is 7.90. The highest BCUT2D eigenvalue weighted by Crippen LogP contribution is 2.37. The van der Waals surface area contributed by atoms with Gasteiger partial charge in [0.05, 0.1) is 11.0 Å². The number of carbonyl (C=O) groups is 2. The lowest BCUT2D eigenvalue weighted by atomic mass is 9.87. The molecule has 0 radical (unpaired) electrons. The number of hydrogen-bond acceptors (Lipinski definition) is 5. The number of likely N-dealkylation sites (N-methyl/N-ethyl adjacent to an activating group) is 1. The molecule has 2 rings (SSSR count). The molecule has 2 aliphatic heterocycles. The van der Waals surface area contributed by atoms with Crippen molar-refractivity contribution in [3.05, 3.63) is 0 Å². The topological polar surface area (TPSA) is 98.8 Å². The second-order valence-electron chi connectivity index (χ2n) is 7.57. The third kappa shape index (κ3) is 4.84. The third-order valence-corrected chi connectivity index (χ3v) is 7.12. The summed E-state index contributed by atoms with van der Waals surface area (Å²) in [6, 6.07) is -0.275. The Hall–Kier alpha value is -1.35. The van der Waals surface area contributed by atoms with Gasteiger partial charge in [-0.2, -0.15) is 0 Å². The summed E-state index contributed by atoms with van der Waals surface area (Å²) in [5, 5.41) is 5.07. The summed E-state index contributed by atoms with van der Waals surface area (Å²) in [5.41, 5.74) is 0. The molecule has 2 heterocycles. The summed E-state index contributed by atoms with van der Waals surface area (Å²) in [7, 11) is 0.591. The summed E-state index contributed by atoms with van der Waals surface area (Å²) in [5.74, 6) is -0.763. The van der Waals surface area contributed by atoms with Gasteiger partial charge in [-0.1, -0.05) is 0 Å². The van der Waals surface area contributed by atoms with Crippen molar-refractivity contribution >= 4 is 21.8 Å². The number of rotatable bonds is 5. The molecule has 0 aliphatic carbocycles. The molecule has 3 atom stereocenters. The molecular weight excluding hydrogens is 344 g/mol. The fourth-order valence-corrected chi connectivity index (χ4v) is 5.69. The maximum Gasteiger partial charge on any atom is 0.317 e. The minimum Gasteiger partial charge on any atom is -0.355 e. The highest BCUT2D eigenvalue weighted by Gasteiger charge is 2.51. The van der Waals surface area contributed by atoms with Crippen molar-refractivity contribution in [3.63, 3.8) is 0 Å². The van der Waals surface area contributed by atoms with Gasteiger partial charge >= 0.3 is 6.03 Å². The number of fused-ring (bicyclic) bond motifs is 1. The molecule has 144 valence electrons. The first-order valence-corrected chi connectivity index (χ1v) is 10.5. The van der Waals surface area contributed by atoms with Gasteiger partial charge in [-0.3, -0.25) is 4.79 Å². The highest BCUT2D eigenvalue weighted by molar-refractivity contribution is 7.92. The monoisotopic (exact) mass is 374 g/mol.